The molecule has 0 bridgehead atoms. The van der Waals surface area contributed by atoms with E-state index < -0.39 is 18.5 Å². The fourth-order valence-corrected chi connectivity index (χ4v) is 2.91. The number of carbonyl (C=O) groups excluding carboxylic acids is 3. The second kappa shape index (κ2) is 10.8. The number of esters is 1. The Hall–Kier alpha value is -3.87. The third-order valence-corrected chi connectivity index (χ3v) is 4.41. The minimum absolute atomic E-state index is 0.0989. The fourth-order valence-electron chi connectivity index (χ4n) is 2.91. The van der Waals surface area contributed by atoms with Crippen molar-refractivity contribution in [1.82, 2.24) is 5.32 Å². The summed E-state index contributed by atoms with van der Waals surface area (Å²) < 4.78 is 10.8. The summed E-state index contributed by atoms with van der Waals surface area (Å²) in [4.78, 5) is 35.9. The molecule has 0 aliphatic carbocycles. The van der Waals surface area contributed by atoms with Gasteiger partial charge in [0.25, 0.3) is 11.8 Å². The molecular weight excluding hydrogens is 396 g/mol. The zero-order valence-corrected chi connectivity index (χ0v) is 17.2. The van der Waals surface area contributed by atoms with E-state index in [-0.39, 0.29) is 12.3 Å². The minimum atomic E-state index is -0.496. The lowest BCUT2D eigenvalue weighted by Gasteiger charge is -2.08. The molecule has 31 heavy (non-hydrogen) atoms. The molecule has 0 saturated carbocycles. The van der Waals surface area contributed by atoms with Crippen molar-refractivity contribution < 1.29 is 23.5 Å². The largest absolute Gasteiger partial charge is 0.461 e. The van der Waals surface area contributed by atoms with E-state index in [1.54, 1.807) is 24.3 Å². The molecule has 2 N–H and O–H groups in total. The number of carbonyl (C=O) groups is 3. The van der Waals surface area contributed by atoms with Crippen LogP contribution in [-0.2, 0) is 20.7 Å². The molecule has 7 nitrogen and oxygen atoms in total. The highest BCUT2D eigenvalue weighted by molar-refractivity contribution is 5.97. The highest BCUT2D eigenvalue weighted by Crippen LogP contribution is 2.22. The maximum absolute atomic E-state index is 12.1. The van der Waals surface area contributed by atoms with Gasteiger partial charge >= 0.3 is 5.97 Å². The summed E-state index contributed by atoms with van der Waals surface area (Å²) in [5.74, 6) is 0.202. The molecule has 7 heteroatoms. The molecule has 2 aromatic carbocycles. The average Bonchev–Trinajstić information content (AvgIpc) is 3.26. The van der Waals surface area contributed by atoms with Gasteiger partial charge in [-0.2, -0.15) is 0 Å². The number of aryl methyl sites for hydroxylation is 1. The number of hydrogen-bond acceptors (Lipinski definition) is 5. The third-order valence-electron chi connectivity index (χ3n) is 4.41. The molecule has 1 heterocycles. The van der Waals surface area contributed by atoms with Crippen molar-refractivity contribution in [2.45, 2.75) is 19.8 Å². The van der Waals surface area contributed by atoms with Crippen LogP contribution in [0, 0.1) is 0 Å². The number of rotatable bonds is 9. The number of hydrogen-bond donors (Lipinski definition) is 2. The van der Waals surface area contributed by atoms with Crippen LogP contribution >= 0.6 is 0 Å². The first-order valence-corrected chi connectivity index (χ1v) is 10.0. The average molecular weight is 420 g/mol. The van der Waals surface area contributed by atoms with Gasteiger partial charge in [-0.25, -0.2) is 0 Å². The van der Waals surface area contributed by atoms with Crippen LogP contribution in [0.4, 0.5) is 5.69 Å². The van der Waals surface area contributed by atoms with Crippen LogP contribution in [-0.4, -0.2) is 30.9 Å². The van der Waals surface area contributed by atoms with Gasteiger partial charge in [0.15, 0.2) is 6.61 Å². The monoisotopic (exact) mass is 420 g/mol. The van der Waals surface area contributed by atoms with Crippen LogP contribution in [0.3, 0.4) is 0 Å². The van der Waals surface area contributed by atoms with Crippen LogP contribution in [0.25, 0.3) is 11.3 Å². The smallest absolute Gasteiger partial charge is 0.306 e. The molecule has 0 spiro atoms. The van der Waals surface area contributed by atoms with E-state index in [9.17, 15) is 14.4 Å². The summed E-state index contributed by atoms with van der Waals surface area (Å²) in [7, 11) is 0. The van der Waals surface area contributed by atoms with Crippen LogP contribution < -0.4 is 10.6 Å². The summed E-state index contributed by atoms with van der Waals surface area (Å²) in [6, 6.07) is 19.9. The maximum Gasteiger partial charge on any atom is 0.306 e. The number of benzene rings is 2. The number of furan rings is 1. The highest BCUT2D eigenvalue weighted by Gasteiger charge is 2.12. The summed E-state index contributed by atoms with van der Waals surface area (Å²) in [5.41, 5.74) is 1.85. The van der Waals surface area contributed by atoms with Gasteiger partial charge < -0.3 is 19.8 Å². The fraction of sp³-hybridized carbons (Fsp3) is 0.208. The molecule has 0 fully saturated rings. The Morgan fingerprint density at radius 2 is 1.77 bits per heavy atom. The molecular formula is C24H24N2O5. The van der Waals surface area contributed by atoms with Gasteiger partial charge in [-0.05, 0) is 37.3 Å². The SMILES string of the molecule is CCNC(=O)c1cccc(NC(=O)COC(=O)CCc2ccc(-c3ccccc3)o2)c1. The number of amides is 2. The molecule has 0 atom stereocenters. The Labute approximate surface area is 180 Å². The Morgan fingerprint density at radius 3 is 2.55 bits per heavy atom. The Balaban J connectivity index is 1.43. The highest BCUT2D eigenvalue weighted by atomic mass is 16.5. The standard InChI is InChI=1S/C24H24N2O5/c1-2-25-24(29)18-9-6-10-19(15-18)26-22(27)16-30-23(28)14-12-20-11-13-21(31-20)17-7-4-3-5-8-17/h3-11,13,15H,2,12,14,16H2,1H3,(H,25,29)(H,26,27). The van der Waals surface area contributed by atoms with E-state index in [4.69, 9.17) is 9.15 Å². The second-order valence-electron chi connectivity index (χ2n) is 6.78. The molecule has 0 saturated heterocycles. The van der Waals surface area contributed by atoms with Gasteiger partial charge in [-0.15, -0.1) is 0 Å². The molecule has 0 aliphatic rings. The van der Waals surface area contributed by atoms with Crippen molar-refractivity contribution in [1.29, 1.82) is 0 Å². The van der Waals surface area contributed by atoms with Gasteiger partial charge in [0.2, 0.25) is 0 Å². The van der Waals surface area contributed by atoms with Gasteiger partial charge in [-0.3, -0.25) is 14.4 Å². The quantitative estimate of drug-likeness (QED) is 0.513. The van der Waals surface area contributed by atoms with Crippen molar-refractivity contribution in [2.24, 2.45) is 0 Å². The molecule has 0 aliphatic heterocycles. The van der Waals surface area contributed by atoms with E-state index in [0.717, 1.165) is 11.3 Å². The van der Waals surface area contributed by atoms with Crippen LogP contribution in [0.5, 0.6) is 0 Å². The van der Waals surface area contributed by atoms with Gasteiger partial charge in [0.1, 0.15) is 11.5 Å². The first kappa shape index (κ1) is 21.8. The zero-order chi connectivity index (χ0) is 22.1. The van der Waals surface area contributed by atoms with Crippen molar-refractivity contribution in [3.8, 4) is 11.3 Å². The zero-order valence-electron chi connectivity index (χ0n) is 17.2. The van der Waals surface area contributed by atoms with Crippen LogP contribution in [0.1, 0.15) is 29.5 Å². The predicted molar refractivity (Wildman–Crippen MR) is 117 cm³/mol. The lowest BCUT2D eigenvalue weighted by atomic mass is 10.2. The van der Waals surface area contributed by atoms with E-state index in [1.807, 2.05) is 49.4 Å². The van der Waals surface area contributed by atoms with E-state index in [2.05, 4.69) is 10.6 Å². The van der Waals surface area contributed by atoms with Gasteiger partial charge in [0.05, 0.1) is 6.42 Å². The van der Waals surface area contributed by atoms with Crippen LogP contribution in [0.15, 0.2) is 71.1 Å². The first-order valence-electron chi connectivity index (χ1n) is 10.0. The lowest BCUT2D eigenvalue weighted by molar-refractivity contribution is -0.147. The Morgan fingerprint density at radius 1 is 0.968 bits per heavy atom. The predicted octanol–water partition coefficient (Wildman–Crippen LogP) is 3.81. The molecule has 2 amide bonds. The number of ether oxygens (including phenoxy) is 1. The summed E-state index contributed by atoms with van der Waals surface area (Å²) >= 11 is 0. The molecule has 160 valence electrons. The summed E-state index contributed by atoms with van der Waals surface area (Å²) in [6.07, 6.45) is 0.476. The van der Waals surface area contributed by atoms with Crippen molar-refractivity contribution >= 4 is 23.5 Å². The Kier molecular flexibility index (Phi) is 7.59. The third kappa shape index (κ3) is 6.57. The molecule has 3 aromatic rings. The molecule has 3 rings (SSSR count). The molecule has 0 unspecified atom stereocenters. The number of anilines is 1. The second-order valence-corrected chi connectivity index (χ2v) is 6.78. The number of nitrogens with one attached hydrogen (secondary N) is 2. The van der Waals surface area contributed by atoms with E-state index in [0.29, 0.717) is 30.0 Å². The van der Waals surface area contributed by atoms with Crippen molar-refractivity contribution in [2.75, 3.05) is 18.5 Å². The van der Waals surface area contributed by atoms with Gasteiger partial charge in [0, 0.05) is 29.8 Å². The molecule has 0 radical (unpaired) electrons. The van der Waals surface area contributed by atoms with E-state index in [1.165, 1.54) is 0 Å². The van der Waals surface area contributed by atoms with Crippen molar-refractivity contribution in [3.05, 3.63) is 78.1 Å². The summed E-state index contributed by atoms with van der Waals surface area (Å²) in [6.45, 7) is 1.93. The minimum Gasteiger partial charge on any atom is -0.461 e. The normalized spacial score (nSPS) is 10.4. The van der Waals surface area contributed by atoms with Gasteiger partial charge in [-0.1, -0.05) is 36.4 Å². The maximum atomic E-state index is 12.1. The molecule has 1 aromatic heterocycles. The Bertz CT molecular complexity index is 1040. The topological polar surface area (TPSA) is 97.6 Å². The lowest BCUT2D eigenvalue weighted by Crippen LogP contribution is -2.23. The van der Waals surface area contributed by atoms with Crippen LogP contribution in [0.2, 0.25) is 0 Å². The first-order chi connectivity index (χ1) is 15.0. The van der Waals surface area contributed by atoms with E-state index >= 15 is 0 Å². The summed E-state index contributed by atoms with van der Waals surface area (Å²) in [5, 5.41) is 5.31. The van der Waals surface area contributed by atoms with Crippen molar-refractivity contribution in [3.63, 3.8) is 0 Å².